The molecule has 0 heterocycles. The first-order valence-electron chi connectivity index (χ1n) is 5.52. The Morgan fingerprint density at radius 1 is 1.50 bits per heavy atom. The van der Waals surface area contributed by atoms with Gasteiger partial charge in [-0.1, -0.05) is 13.8 Å². The zero-order valence-electron chi connectivity index (χ0n) is 10.3. The first kappa shape index (κ1) is 13.7. The summed E-state index contributed by atoms with van der Waals surface area (Å²) in [5, 5.41) is 2.89. The lowest BCUT2D eigenvalue weighted by molar-refractivity contribution is -0.143. The van der Waals surface area contributed by atoms with Crippen molar-refractivity contribution >= 4 is 13.5 Å². The van der Waals surface area contributed by atoms with Crippen LogP contribution in [0.4, 0.5) is 0 Å². The van der Waals surface area contributed by atoms with Crippen molar-refractivity contribution in [3.8, 4) is 0 Å². The van der Waals surface area contributed by atoms with Crippen molar-refractivity contribution in [3.05, 3.63) is 0 Å². The topological polar surface area (TPSA) is 64.6 Å². The van der Waals surface area contributed by atoms with Crippen LogP contribution >= 0.6 is 7.52 Å². The Kier molecular flexibility index (Phi) is 4.16. The largest absolute Gasteiger partial charge is 0.468 e. The van der Waals surface area contributed by atoms with Crippen LogP contribution in [-0.4, -0.2) is 30.9 Å². The quantitative estimate of drug-likeness (QED) is 0.575. The standard InChI is InChI=1S/C10H20NO4P/c1-5-15-16(13,8(2)3)11-10(6-7-10)9(12)14-4/h8H,5-7H2,1-4H3,(H,11,13). The van der Waals surface area contributed by atoms with Crippen LogP contribution in [0, 0.1) is 0 Å². The van der Waals surface area contributed by atoms with Crippen molar-refractivity contribution in [2.45, 2.75) is 44.8 Å². The molecular formula is C10H20NO4P. The van der Waals surface area contributed by atoms with E-state index in [0.29, 0.717) is 19.4 Å². The van der Waals surface area contributed by atoms with E-state index in [0.717, 1.165) is 0 Å². The Morgan fingerprint density at radius 2 is 2.06 bits per heavy atom. The van der Waals surface area contributed by atoms with Gasteiger partial charge in [0.25, 0.3) is 7.52 Å². The third-order valence-corrected chi connectivity index (χ3v) is 5.44. The number of carbonyl (C=O) groups excluding carboxylic acids is 1. The molecule has 1 saturated carbocycles. The maximum absolute atomic E-state index is 12.4. The summed E-state index contributed by atoms with van der Waals surface area (Å²) in [5.74, 6) is -0.354. The number of hydrogen-bond acceptors (Lipinski definition) is 4. The van der Waals surface area contributed by atoms with E-state index < -0.39 is 13.1 Å². The number of hydrogen-bond donors (Lipinski definition) is 1. The van der Waals surface area contributed by atoms with Crippen molar-refractivity contribution in [1.82, 2.24) is 5.09 Å². The predicted octanol–water partition coefficient (Wildman–Crippen LogP) is 1.92. The Labute approximate surface area is 96.4 Å². The van der Waals surface area contributed by atoms with Gasteiger partial charge >= 0.3 is 5.97 Å². The van der Waals surface area contributed by atoms with Gasteiger partial charge in [0.15, 0.2) is 0 Å². The van der Waals surface area contributed by atoms with E-state index in [1.807, 2.05) is 13.8 Å². The molecule has 1 N–H and O–H groups in total. The molecule has 6 heteroatoms. The Hall–Kier alpha value is -0.380. The smallest absolute Gasteiger partial charge is 0.326 e. The van der Waals surface area contributed by atoms with Gasteiger partial charge in [0.2, 0.25) is 0 Å². The normalized spacial score (nSPS) is 21.6. The minimum Gasteiger partial charge on any atom is -0.468 e. The van der Waals surface area contributed by atoms with E-state index in [4.69, 9.17) is 9.26 Å². The summed E-state index contributed by atoms with van der Waals surface area (Å²) in [6.45, 7) is 5.78. The molecule has 1 unspecified atom stereocenters. The second-order valence-corrected chi connectivity index (χ2v) is 7.00. The van der Waals surface area contributed by atoms with E-state index in [-0.39, 0.29) is 11.6 Å². The molecule has 0 aliphatic heterocycles. The molecule has 1 fully saturated rings. The van der Waals surface area contributed by atoms with Gasteiger partial charge in [-0.05, 0) is 19.8 Å². The van der Waals surface area contributed by atoms with E-state index in [2.05, 4.69) is 5.09 Å². The van der Waals surface area contributed by atoms with Crippen LogP contribution in [0.3, 0.4) is 0 Å². The van der Waals surface area contributed by atoms with Crippen molar-refractivity contribution in [2.75, 3.05) is 13.7 Å². The molecule has 0 spiro atoms. The van der Waals surface area contributed by atoms with E-state index in [1.165, 1.54) is 7.11 Å². The van der Waals surface area contributed by atoms with Crippen molar-refractivity contribution in [2.24, 2.45) is 0 Å². The number of ether oxygens (including phenoxy) is 1. The zero-order valence-corrected chi connectivity index (χ0v) is 11.2. The highest BCUT2D eigenvalue weighted by molar-refractivity contribution is 7.57. The lowest BCUT2D eigenvalue weighted by atomic mass is 10.3. The van der Waals surface area contributed by atoms with Crippen LogP contribution in [0.5, 0.6) is 0 Å². The molecular weight excluding hydrogens is 229 g/mol. The lowest BCUT2D eigenvalue weighted by Crippen LogP contribution is -2.40. The van der Waals surface area contributed by atoms with Gasteiger partial charge in [0, 0.05) is 5.66 Å². The fourth-order valence-corrected chi connectivity index (χ4v) is 3.40. The average molecular weight is 249 g/mol. The van der Waals surface area contributed by atoms with Crippen LogP contribution in [0.25, 0.3) is 0 Å². The molecule has 0 aromatic rings. The number of methoxy groups -OCH3 is 1. The van der Waals surface area contributed by atoms with Gasteiger partial charge in [0.1, 0.15) is 5.54 Å². The molecule has 1 aliphatic rings. The predicted molar refractivity (Wildman–Crippen MR) is 61.5 cm³/mol. The van der Waals surface area contributed by atoms with Crippen molar-refractivity contribution in [1.29, 1.82) is 0 Å². The SMILES string of the molecule is CCOP(=O)(NC1(C(=O)OC)CC1)C(C)C. The van der Waals surface area contributed by atoms with Gasteiger partial charge < -0.3 is 9.26 Å². The minimum atomic E-state index is -2.97. The fourth-order valence-electron chi connectivity index (χ4n) is 1.48. The van der Waals surface area contributed by atoms with Gasteiger partial charge in [-0.2, -0.15) is 0 Å². The van der Waals surface area contributed by atoms with E-state index in [1.54, 1.807) is 6.92 Å². The maximum Gasteiger partial charge on any atom is 0.326 e. The van der Waals surface area contributed by atoms with Crippen molar-refractivity contribution < 1.29 is 18.6 Å². The second-order valence-electron chi connectivity index (χ2n) is 4.29. The molecule has 0 radical (unpaired) electrons. The molecule has 1 rings (SSSR count). The molecule has 0 amide bonds. The molecule has 1 atom stereocenters. The van der Waals surface area contributed by atoms with Gasteiger partial charge in [-0.3, -0.25) is 9.36 Å². The molecule has 0 aromatic carbocycles. The van der Waals surface area contributed by atoms with E-state index in [9.17, 15) is 9.36 Å². The second kappa shape index (κ2) is 4.86. The van der Waals surface area contributed by atoms with E-state index >= 15 is 0 Å². The third kappa shape index (κ3) is 2.65. The van der Waals surface area contributed by atoms with Crippen molar-refractivity contribution in [3.63, 3.8) is 0 Å². The Morgan fingerprint density at radius 3 is 2.38 bits per heavy atom. The molecule has 5 nitrogen and oxygen atoms in total. The van der Waals surface area contributed by atoms with Gasteiger partial charge in [0.05, 0.1) is 13.7 Å². The molecule has 0 bridgehead atoms. The first-order chi connectivity index (χ1) is 7.40. The summed E-state index contributed by atoms with van der Waals surface area (Å²) < 4.78 is 22.4. The highest BCUT2D eigenvalue weighted by Crippen LogP contribution is 2.54. The summed E-state index contributed by atoms with van der Waals surface area (Å²) in [7, 11) is -1.63. The third-order valence-electron chi connectivity index (χ3n) is 2.70. The summed E-state index contributed by atoms with van der Waals surface area (Å²) in [5.41, 5.74) is -0.932. The molecule has 16 heavy (non-hydrogen) atoms. The zero-order chi connectivity index (χ0) is 12.4. The number of esters is 1. The molecule has 94 valence electrons. The number of rotatable bonds is 6. The summed E-state index contributed by atoms with van der Waals surface area (Å²) in [4.78, 5) is 11.5. The lowest BCUT2D eigenvalue weighted by Gasteiger charge is -2.26. The summed E-state index contributed by atoms with van der Waals surface area (Å²) >= 11 is 0. The highest BCUT2D eigenvalue weighted by atomic mass is 31.2. The Balaban J connectivity index is 2.77. The highest BCUT2D eigenvalue weighted by Gasteiger charge is 2.55. The van der Waals surface area contributed by atoms with Crippen LogP contribution in [0.15, 0.2) is 0 Å². The van der Waals surface area contributed by atoms with Gasteiger partial charge in [-0.25, -0.2) is 5.09 Å². The maximum atomic E-state index is 12.4. The molecule has 0 aromatic heterocycles. The number of carbonyl (C=O) groups is 1. The Bertz CT molecular complexity index is 312. The minimum absolute atomic E-state index is 0.158. The number of nitrogens with one attached hydrogen (secondary N) is 1. The average Bonchev–Trinajstić information content (AvgIpc) is 2.97. The monoisotopic (exact) mass is 249 g/mol. The molecule has 0 saturated heterocycles. The van der Waals surface area contributed by atoms with Crippen LogP contribution < -0.4 is 5.09 Å². The van der Waals surface area contributed by atoms with Crippen LogP contribution in [-0.2, 0) is 18.6 Å². The van der Waals surface area contributed by atoms with Gasteiger partial charge in [-0.15, -0.1) is 0 Å². The summed E-state index contributed by atoms with van der Waals surface area (Å²) in [6, 6.07) is 0. The van der Waals surface area contributed by atoms with Crippen LogP contribution in [0.2, 0.25) is 0 Å². The fraction of sp³-hybridized carbons (Fsp3) is 0.900. The molecule has 1 aliphatic carbocycles. The first-order valence-corrected chi connectivity index (χ1v) is 7.21. The van der Waals surface area contributed by atoms with Crippen LogP contribution in [0.1, 0.15) is 33.6 Å². The summed E-state index contributed by atoms with van der Waals surface area (Å²) in [6.07, 6.45) is 1.31.